The number of carbonyl (C=O) groups is 2. The molecular formula is C34H32FN5O6. The molecule has 3 aromatic carbocycles. The number of ether oxygens (including phenoxy) is 3. The van der Waals surface area contributed by atoms with Crippen molar-refractivity contribution in [3.05, 3.63) is 106 Å². The molecule has 1 fully saturated rings. The van der Waals surface area contributed by atoms with E-state index in [1.54, 1.807) is 73.4 Å². The average Bonchev–Trinajstić information content (AvgIpc) is 3.76. The Hall–Kier alpha value is -5.49. The summed E-state index contributed by atoms with van der Waals surface area (Å²) in [4.78, 5) is 42.3. The molecule has 0 spiro atoms. The van der Waals surface area contributed by atoms with Crippen LogP contribution in [-0.4, -0.2) is 45.0 Å². The molecule has 12 heteroatoms. The number of rotatable bonds is 11. The highest BCUT2D eigenvalue weighted by Gasteiger charge is 2.46. The number of aromatic nitrogens is 3. The van der Waals surface area contributed by atoms with E-state index in [0.29, 0.717) is 46.8 Å². The highest BCUT2D eigenvalue weighted by atomic mass is 19.1. The van der Waals surface area contributed by atoms with Crippen LogP contribution in [-0.2, 0) is 16.6 Å². The SMILES string of the molecule is Cc1c(C(=O)Nc2ccc(Oc3ccnc4cc(OCCC5(OC(=O)CN)CC5)ccc34)c(F)c2)c(=O)n(-c2ccccc2)n1C. The Kier molecular flexibility index (Phi) is 8.29. The number of fused-ring (bicyclic) bond motifs is 1. The van der Waals surface area contributed by atoms with Crippen molar-refractivity contribution in [2.75, 3.05) is 18.5 Å². The maximum atomic E-state index is 15.2. The number of esters is 1. The number of nitrogens with zero attached hydrogens (tertiary/aromatic N) is 3. The van der Waals surface area contributed by atoms with Gasteiger partial charge < -0.3 is 25.3 Å². The highest BCUT2D eigenvalue weighted by Crippen LogP contribution is 2.43. The Labute approximate surface area is 263 Å². The summed E-state index contributed by atoms with van der Waals surface area (Å²) >= 11 is 0. The minimum atomic E-state index is -0.710. The molecule has 236 valence electrons. The van der Waals surface area contributed by atoms with Gasteiger partial charge >= 0.3 is 5.97 Å². The number of carbonyl (C=O) groups excluding carboxylic acids is 2. The predicted octanol–water partition coefficient (Wildman–Crippen LogP) is 5.02. The molecule has 6 rings (SSSR count). The van der Waals surface area contributed by atoms with Gasteiger partial charge in [0.2, 0.25) is 0 Å². The lowest BCUT2D eigenvalue weighted by molar-refractivity contribution is -0.150. The number of nitrogens with one attached hydrogen (secondary N) is 1. The minimum absolute atomic E-state index is 0.0410. The van der Waals surface area contributed by atoms with E-state index >= 15 is 4.39 Å². The van der Waals surface area contributed by atoms with Crippen molar-refractivity contribution in [2.24, 2.45) is 12.8 Å². The first-order valence-electron chi connectivity index (χ1n) is 14.7. The van der Waals surface area contributed by atoms with Crippen molar-refractivity contribution in [2.45, 2.75) is 31.8 Å². The van der Waals surface area contributed by atoms with Gasteiger partial charge in [-0.1, -0.05) is 18.2 Å². The quantitative estimate of drug-likeness (QED) is 0.195. The third kappa shape index (κ3) is 6.20. The van der Waals surface area contributed by atoms with E-state index in [-0.39, 0.29) is 23.5 Å². The fourth-order valence-electron chi connectivity index (χ4n) is 5.26. The number of pyridine rings is 1. The van der Waals surface area contributed by atoms with Gasteiger partial charge in [0.15, 0.2) is 11.6 Å². The summed E-state index contributed by atoms with van der Waals surface area (Å²) in [5.41, 5.74) is 6.16. The summed E-state index contributed by atoms with van der Waals surface area (Å²) in [6, 6.07) is 19.9. The number of halogens is 1. The van der Waals surface area contributed by atoms with E-state index in [2.05, 4.69) is 10.3 Å². The van der Waals surface area contributed by atoms with Crippen molar-refractivity contribution < 1.29 is 28.2 Å². The monoisotopic (exact) mass is 625 g/mol. The van der Waals surface area contributed by atoms with Crippen LogP contribution in [0, 0.1) is 12.7 Å². The van der Waals surface area contributed by atoms with Crippen LogP contribution in [0.25, 0.3) is 16.6 Å². The smallest absolute Gasteiger partial charge is 0.320 e. The molecule has 5 aromatic rings. The number of amides is 1. The summed E-state index contributed by atoms with van der Waals surface area (Å²) in [5.74, 6) is -0.892. The highest BCUT2D eigenvalue weighted by molar-refractivity contribution is 6.05. The molecule has 11 nitrogen and oxygen atoms in total. The molecule has 0 aliphatic heterocycles. The Bertz CT molecular complexity index is 2000. The van der Waals surface area contributed by atoms with Gasteiger partial charge in [-0.15, -0.1) is 0 Å². The van der Waals surface area contributed by atoms with Crippen LogP contribution in [0.3, 0.4) is 0 Å². The number of hydrogen-bond donors (Lipinski definition) is 2. The first-order valence-corrected chi connectivity index (χ1v) is 14.7. The number of hydrogen-bond acceptors (Lipinski definition) is 8. The number of para-hydroxylation sites is 1. The van der Waals surface area contributed by atoms with Gasteiger partial charge in [0, 0.05) is 42.9 Å². The molecule has 0 atom stereocenters. The van der Waals surface area contributed by atoms with Gasteiger partial charge in [0.05, 0.1) is 30.0 Å². The second-order valence-electron chi connectivity index (χ2n) is 11.1. The summed E-state index contributed by atoms with van der Waals surface area (Å²) in [6.45, 7) is 1.87. The average molecular weight is 626 g/mol. The molecule has 0 radical (unpaired) electrons. The molecule has 1 saturated carbocycles. The molecular weight excluding hydrogens is 593 g/mol. The normalized spacial score (nSPS) is 13.3. The van der Waals surface area contributed by atoms with Crippen LogP contribution in [0.1, 0.15) is 35.3 Å². The Morgan fingerprint density at radius 3 is 2.54 bits per heavy atom. The fourth-order valence-corrected chi connectivity index (χ4v) is 5.26. The van der Waals surface area contributed by atoms with Crippen molar-refractivity contribution >= 4 is 28.5 Å². The van der Waals surface area contributed by atoms with Crippen LogP contribution in [0.15, 0.2) is 83.8 Å². The standard InChI is InChI=1S/C34H32FN5O6/c1-21-31(33(43)40(39(21)2)23-6-4-3-5-7-23)32(42)38-22-8-11-29(26(35)18-22)45-28-12-16-37-27-19-24(9-10-25(27)28)44-17-15-34(13-14-34)46-30(41)20-36/h3-12,16,18-19H,13-15,17,20,36H2,1-2H3,(H,38,42). The van der Waals surface area contributed by atoms with Crippen LogP contribution >= 0.6 is 0 Å². The Morgan fingerprint density at radius 1 is 1.04 bits per heavy atom. The lowest BCUT2D eigenvalue weighted by Gasteiger charge is -2.16. The van der Waals surface area contributed by atoms with Gasteiger partial charge in [0.25, 0.3) is 11.5 Å². The lowest BCUT2D eigenvalue weighted by Crippen LogP contribution is -2.26. The topological polar surface area (TPSA) is 140 Å². The van der Waals surface area contributed by atoms with E-state index in [1.807, 2.05) is 6.07 Å². The van der Waals surface area contributed by atoms with Crippen LogP contribution in [0.4, 0.5) is 10.1 Å². The van der Waals surface area contributed by atoms with Gasteiger partial charge in [-0.3, -0.25) is 24.0 Å². The maximum Gasteiger partial charge on any atom is 0.320 e. The van der Waals surface area contributed by atoms with E-state index in [4.69, 9.17) is 19.9 Å². The molecule has 2 heterocycles. The van der Waals surface area contributed by atoms with Crippen molar-refractivity contribution in [3.8, 4) is 22.9 Å². The minimum Gasteiger partial charge on any atom is -0.493 e. The summed E-state index contributed by atoms with van der Waals surface area (Å²) in [5, 5.41) is 3.26. The first kappa shape index (κ1) is 30.5. The molecule has 46 heavy (non-hydrogen) atoms. The molecule has 0 bridgehead atoms. The number of nitrogens with two attached hydrogens (primary N) is 1. The van der Waals surface area contributed by atoms with E-state index in [1.165, 1.54) is 16.8 Å². The molecule has 1 amide bonds. The predicted molar refractivity (Wildman–Crippen MR) is 169 cm³/mol. The molecule has 1 aliphatic carbocycles. The maximum absolute atomic E-state index is 15.2. The molecule has 1 aliphatic rings. The Balaban J connectivity index is 1.13. The molecule has 2 aromatic heterocycles. The third-order valence-electron chi connectivity index (χ3n) is 8.00. The van der Waals surface area contributed by atoms with Gasteiger partial charge in [-0.25, -0.2) is 9.07 Å². The van der Waals surface area contributed by atoms with Gasteiger partial charge in [-0.05, 0) is 62.2 Å². The zero-order valence-electron chi connectivity index (χ0n) is 25.3. The second-order valence-corrected chi connectivity index (χ2v) is 11.1. The lowest BCUT2D eigenvalue weighted by atomic mass is 10.2. The van der Waals surface area contributed by atoms with Gasteiger partial charge in [-0.2, -0.15) is 0 Å². The molecule has 0 unspecified atom stereocenters. The third-order valence-corrected chi connectivity index (χ3v) is 8.00. The molecule has 3 N–H and O–H groups in total. The summed E-state index contributed by atoms with van der Waals surface area (Å²) in [7, 11) is 1.69. The summed E-state index contributed by atoms with van der Waals surface area (Å²) in [6.07, 6.45) is 3.67. The van der Waals surface area contributed by atoms with Crippen molar-refractivity contribution in [1.29, 1.82) is 0 Å². The Morgan fingerprint density at radius 2 is 1.83 bits per heavy atom. The van der Waals surface area contributed by atoms with Crippen LogP contribution < -0.4 is 26.1 Å². The number of benzene rings is 3. The number of anilines is 1. The summed E-state index contributed by atoms with van der Waals surface area (Å²) < 4.78 is 35.5. The zero-order chi connectivity index (χ0) is 32.4. The molecule has 0 saturated heterocycles. The van der Waals surface area contributed by atoms with Crippen LogP contribution in [0.2, 0.25) is 0 Å². The van der Waals surface area contributed by atoms with Crippen molar-refractivity contribution in [3.63, 3.8) is 0 Å². The van der Waals surface area contributed by atoms with Crippen LogP contribution in [0.5, 0.6) is 17.2 Å². The van der Waals surface area contributed by atoms with Gasteiger partial charge in [0.1, 0.15) is 22.7 Å². The largest absolute Gasteiger partial charge is 0.493 e. The van der Waals surface area contributed by atoms with E-state index in [9.17, 15) is 14.4 Å². The second kappa shape index (κ2) is 12.5. The van der Waals surface area contributed by atoms with Crippen molar-refractivity contribution in [1.82, 2.24) is 14.3 Å². The fraction of sp³-hybridized carbons (Fsp3) is 0.235. The zero-order valence-corrected chi connectivity index (χ0v) is 25.3. The first-order chi connectivity index (χ1) is 22.2. The van der Waals surface area contributed by atoms with E-state index in [0.717, 1.165) is 18.9 Å². The van der Waals surface area contributed by atoms with E-state index < -0.39 is 28.9 Å².